The van der Waals surface area contributed by atoms with E-state index in [1.54, 1.807) is 0 Å². The zero-order chi connectivity index (χ0) is 13.7. The lowest BCUT2D eigenvalue weighted by Crippen LogP contribution is -2.23. The quantitative estimate of drug-likeness (QED) is 0.262. The molecule has 2 atom stereocenters. The van der Waals surface area contributed by atoms with Crippen molar-refractivity contribution in [3.05, 3.63) is 39.8 Å². The molecular weight excluding hydrogens is 240 g/mol. The Morgan fingerprint density at radius 1 is 1.50 bits per heavy atom. The van der Waals surface area contributed by atoms with Crippen molar-refractivity contribution < 1.29 is 20.1 Å². The van der Waals surface area contributed by atoms with E-state index in [0.717, 1.165) is 0 Å². The third-order valence-electron chi connectivity index (χ3n) is 2.36. The number of anilines is 1. The zero-order valence-corrected chi connectivity index (χ0v) is 9.26. The summed E-state index contributed by atoms with van der Waals surface area (Å²) in [6.07, 6.45) is -2.90. The van der Waals surface area contributed by atoms with E-state index in [-0.39, 0.29) is 23.4 Å². The van der Waals surface area contributed by atoms with Gasteiger partial charge in [-0.3, -0.25) is 0 Å². The maximum Gasteiger partial charge on any atom is 0.338 e. The minimum Gasteiger partial charge on any atom is -0.478 e. The number of aliphatic hydroxyl groups excluding tert-OH is 2. The molecule has 0 saturated carbocycles. The fourth-order valence-corrected chi connectivity index (χ4v) is 1.51. The van der Waals surface area contributed by atoms with E-state index >= 15 is 0 Å². The van der Waals surface area contributed by atoms with Crippen molar-refractivity contribution in [3.8, 4) is 0 Å². The average Bonchev–Trinajstić information content (AvgIpc) is 2.34. The topological polar surface area (TPSA) is 153 Å². The summed E-state index contributed by atoms with van der Waals surface area (Å²) in [4.78, 5) is 13.5. The van der Waals surface area contributed by atoms with Gasteiger partial charge in [0.15, 0.2) is 0 Å². The van der Waals surface area contributed by atoms with Gasteiger partial charge < -0.3 is 21.1 Å². The van der Waals surface area contributed by atoms with E-state index < -0.39 is 18.2 Å². The highest BCUT2D eigenvalue weighted by Crippen LogP contribution is 2.25. The largest absolute Gasteiger partial charge is 0.478 e. The molecule has 0 radical (unpaired) electrons. The van der Waals surface area contributed by atoms with Gasteiger partial charge in [0, 0.05) is 10.6 Å². The first-order chi connectivity index (χ1) is 8.49. The van der Waals surface area contributed by atoms with Crippen LogP contribution in [0.25, 0.3) is 10.4 Å². The Hall–Kier alpha value is -2.28. The van der Waals surface area contributed by atoms with Crippen LogP contribution < -0.4 is 5.73 Å². The predicted octanol–water partition coefficient (Wildman–Crippen LogP) is 0.672. The Labute approximate surface area is 102 Å². The van der Waals surface area contributed by atoms with Gasteiger partial charge in [0.05, 0.1) is 18.2 Å². The number of hydrogen-bond acceptors (Lipinski definition) is 5. The highest BCUT2D eigenvalue weighted by Gasteiger charge is 2.24. The van der Waals surface area contributed by atoms with Gasteiger partial charge in [0.1, 0.15) is 6.10 Å². The molecule has 8 heteroatoms. The number of nitrogens with zero attached hydrogens (tertiary/aromatic N) is 3. The van der Waals surface area contributed by atoms with Crippen LogP contribution in [0, 0.1) is 0 Å². The van der Waals surface area contributed by atoms with E-state index in [0.29, 0.717) is 0 Å². The second-order valence-electron chi connectivity index (χ2n) is 3.54. The molecule has 0 aliphatic heterocycles. The maximum absolute atomic E-state index is 11.0. The van der Waals surface area contributed by atoms with Gasteiger partial charge in [-0.25, -0.2) is 4.79 Å². The molecule has 0 spiro atoms. The number of nitrogens with two attached hydrogens (primary N) is 1. The number of aromatic carboxylic acids is 1. The summed E-state index contributed by atoms with van der Waals surface area (Å²) in [5.41, 5.74) is 13.3. The number of rotatable bonds is 5. The van der Waals surface area contributed by atoms with Crippen LogP contribution in [-0.4, -0.2) is 33.9 Å². The molecule has 0 fully saturated rings. The molecule has 0 aliphatic carbocycles. The van der Waals surface area contributed by atoms with Gasteiger partial charge in [0.2, 0.25) is 0 Å². The molecule has 18 heavy (non-hydrogen) atoms. The molecule has 96 valence electrons. The van der Waals surface area contributed by atoms with Crippen LogP contribution in [-0.2, 0) is 0 Å². The molecule has 2 unspecified atom stereocenters. The lowest BCUT2D eigenvalue weighted by atomic mass is 9.97. The second kappa shape index (κ2) is 5.87. The third-order valence-corrected chi connectivity index (χ3v) is 2.36. The van der Waals surface area contributed by atoms with Crippen molar-refractivity contribution in [1.82, 2.24) is 0 Å². The first kappa shape index (κ1) is 13.8. The molecule has 8 nitrogen and oxygen atoms in total. The van der Waals surface area contributed by atoms with E-state index in [4.69, 9.17) is 16.4 Å². The number of hydrogen-bond donors (Lipinski definition) is 4. The van der Waals surface area contributed by atoms with Crippen LogP contribution in [0.4, 0.5) is 5.69 Å². The number of aliphatic hydroxyl groups is 2. The Bertz CT molecular complexity index is 499. The van der Waals surface area contributed by atoms with Crippen LogP contribution >= 0.6 is 0 Å². The lowest BCUT2D eigenvalue weighted by Gasteiger charge is -2.18. The normalized spacial score (nSPS) is 13.4. The summed E-state index contributed by atoms with van der Waals surface area (Å²) in [6, 6.07) is 4.17. The lowest BCUT2D eigenvalue weighted by molar-refractivity contribution is 0.0233. The van der Waals surface area contributed by atoms with Crippen molar-refractivity contribution in [3.63, 3.8) is 0 Å². The molecule has 0 amide bonds. The average molecular weight is 252 g/mol. The maximum atomic E-state index is 11.0. The Morgan fingerprint density at radius 2 is 2.17 bits per heavy atom. The second-order valence-corrected chi connectivity index (χ2v) is 3.54. The van der Waals surface area contributed by atoms with Crippen molar-refractivity contribution in [2.45, 2.75) is 12.2 Å². The molecule has 1 rings (SSSR count). The molecular formula is C10H12N4O4. The Balaban J connectivity index is 3.12. The van der Waals surface area contributed by atoms with Crippen molar-refractivity contribution in [2.24, 2.45) is 5.11 Å². The fourth-order valence-electron chi connectivity index (χ4n) is 1.51. The fraction of sp³-hybridized carbons (Fsp3) is 0.300. The van der Waals surface area contributed by atoms with Crippen LogP contribution in [0.3, 0.4) is 0 Å². The zero-order valence-electron chi connectivity index (χ0n) is 9.26. The summed E-state index contributed by atoms with van der Waals surface area (Å²) in [6.45, 7) is -0.370. The van der Waals surface area contributed by atoms with Crippen LogP contribution in [0.15, 0.2) is 23.3 Å². The van der Waals surface area contributed by atoms with E-state index in [1.807, 2.05) is 0 Å². The van der Waals surface area contributed by atoms with Crippen LogP contribution in [0.1, 0.15) is 22.0 Å². The number of nitrogen functional groups attached to an aromatic ring is 1. The SMILES string of the molecule is [N-]=[N+]=NCC(O)C(O)c1cccc(N)c1C(=O)O. The molecule has 0 aliphatic rings. The minimum absolute atomic E-state index is 0.0185. The molecule has 5 N–H and O–H groups in total. The molecule has 1 aromatic carbocycles. The van der Waals surface area contributed by atoms with E-state index in [9.17, 15) is 15.0 Å². The summed E-state index contributed by atoms with van der Waals surface area (Å²) in [5.74, 6) is -1.31. The van der Waals surface area contributed by atoms with E-state index in [1.165, 1.54) is 18.2 Å². The van der Waals surface area contributed by atoms with Gasteiger partial charge in [-0.1, -0.05) is 17.2 Å². The minimum atomic E-state index is -1.50. The molecule has 0 bridgehead atoms. The standard InChI is InChI=1S/C10H12N4O4/c11-6-3-1-2-5(8(6)10(17)18)9(16)7(15)4-13-14-12/h1-3,7,9,15-16H,4,11H2,(H,17,18). The van der Waals surface area contributed by atoms with Crippen LogP contribution in [0.5, 0.6) is 0 Å². The number of carbonyl (C=O) groups is 1. The van der Waals surface area contributed by atoms with Gasteiger partial charge in [-0.15, -0.1) is 0 Å². The third kappa shape index (κ3) is 2.89. The summed E-state index contributed by atoms with van der Waals surface area (Å²) < 4.78 is 0. The first-order valence-electron chi connectivity index (χ1n) is 4.97. The predicted molar refractivity (Wildman–Crippen MR) is 62.8 cm³/mol. The summed E-state index contributed by atoms with van der Waals surface area (Å²) >= 11 is 0. The number of benzene rings is 1. The Morgan fingerprint density at radius 3 is 2.72 bits per heavy atom. The van der Waals surface area contributed by atoms with E-state index in [2.05, 4.69) is 10.0 Å². The monoisotopic (exact) mass is 252 g/mol. The molecule has 0 saturated heterocycles. The van der Waals surface area contributed by atoms with Gasteiger partial charge in [-0.2, -0.15) is 0 Å². The van der Waals surface area contributed by atoms with Gasteiger partial charge >= 0.3 is 5.97 Å². The smallest absolute Gasteiger partial charge is 0.338 e. The van der Waals surface area contributed by atoms with Crippen molar-refractivity contribution >= 4 is 11.7 Å². The number of azide groups is 1. The molecule has 0 heterocycles. The molecule has 0 aromatic heterocycles. The van der Waals surface area contributed by atoms with Crippen molar-refractivity contribution in [1.29, 1.82) is 0 Å². The van der Waals surface area contributed by atoms with Crippen LogP contribution in [0.2, 0.25) is 0 Å². The highest BCUT2D eigenvalue weighted by molar-refractivity contribution is 5.95. The summed E-state index contributed by atoms with van der Waals surface area (Å²) in [7, 11) is 0. The van der Waals surface area contributed by atoms with Gasteiger partial charge in [-0.05, 0) is 17.2 Å². The van der Waals surface area contributed by atoms with Crippen molar-refractivity contribution in [2.75, 3.05) is 12.3 Å². The first-order valence-corrected chi connectivity index (χ1v) is 4.97. The highest BCUT2D eigenvalue weighted by atomic mass is 16.4. The Kier molecular flexibility index (Phi) is 4.50. The number of carboxylic acids is 1. The summed E-state index contributed by atoms with van der Waals surface area (Å²) in [5, 5.41) is 31.5. The number of carboxylic acid groups (broad SMARTS) is 1. The molecule has 1 aromatic rings. The van der Waals surface area contributed by atoms with Gasteiger partial charge in [0.25, 0.3) is 0 Å².